The lowest BCUT2D eigenvalue weighted by Gasteiger charge is -2.28. The van der Waals surface area contributed by atoms with Crippen LogP contribution in [-0.2, 0) is 4.79 Å². The molecular weight excluding hydrogens is 152 g/mol. The van der Waals surface area contributed by atoms with Crippen LogP contribution in [0.15, 0.2) is 0 Å². The van der Waals surface area contributed by atoms with E-state index in [1.54, 1.807) is 0 Å². The number of hydrogen-bond donors (Lipinski definition) is 2. The van der Waals surface area contributed by atoms with Gasteiger partial charge < -0.3 is 10.6 Å². The van der Waals surface area contributed by atoms with Crippen LogP contribution in [0.4, 0.5) is 0 Å². The monoisotopic (exact) mass is 170 g/mol. The van der Waals surface area contributed by atoms with E-state index in [9.17, 15) is 4.79 Å². The van der Waals surface area contributed by atoms with Crippen molar-refractivity contribution in [1.82, 2.24) is 10.6 Å². The van der Waals surface area contributed by atoms with E-state index in [4.69, 9.17) is 0 Å². The Bertz CT molecular complexity index is 164. The maximum atomic E-state index is 11.4. The second-order valence-electron chi connectivity index (χ2n) is 3.84. The van der Waals surface area contributed by atoms with Gasteiger partial charge in [0.1, 0.15) is 0 Å². The summed E-state index contributed by atoms with van der Waals surface area (Å²) in [5.74, 6) is 0.663. The fourth-order valence-corrected chi connectivity index (χ4v) is 1.00. The van der Waals surface area contributed by atoms with E-state index < -0.39 is 0 Å². The van der Waals surface area contributed by atoms with E-state index in [1.807, 2.05) is 6.92 Å². The molecule has 0 aliphatic carbocycles. The summed E-state index contributed by atoms with van der Waals surface area (Å²) in [6.45, 7) is 7.24. The largest absolute Gasteiger partial charge is 0.352 e. The lowest BCUT2D eigenvalue weighted by Crippen LogP contribution is -2.55. The zero-order valence-corrected chi connectivity index (χ0v) is 8.05. The number of hydrogen-bond acceptors (Lipinski definition) is 2. The van der Waals surface area contributed by atoms with Gasteiger partial charge in [0.05, 0.1) is 6.04 Å². The van der Waals surface area contributed by atoms with Crippen LogP contribution in [0.25, 0.3) is 0 Å². The van der Waals surface area contributed by atoms with E-state index >= 15 is 0 Å². The molecule has 1 saturated heterocycles. The Morgan fingerprint density at radius 1 is 1.50 bits per heavy atom. The predicted octanol–water partition coefficient (Wildman–Crippen LogP) is 0.509. The van der Waals surface area contributed by atoms with Gasteiger partial charge in [-0.25, -0.2) is 0 Å². The Balaban J connectivity index is 2.25. The normalized spacial score (nSPS) is 24.8. The first-order chi connectivity index (χ1) is 5.61. The second-order valence-corrected chi connectivity index (χ2v) is 3.84. The number of nitrogens with one attached hydrogen (secondary N) is 2. The number of carbonyl (C=O) groups excluding carboxylic acids is 1. The molecule has 0 radical (unpaired) electrons. The highest BCUT2D eigenvalue weighted by Crippen LogP contribution is 2.04. The fraction of sp³-hybridized carbons (Fsp3) is 0.889. The van der Waals surface area contributed by atoms with Crippen LogP contribution in [0.2, 0.25) is 0 Å². The maximum absolute atomic E-state index is 11.4. The molecule has 1 fully saturated rings. The van der Waals surface area contributed by atoms with E-state index in [0.29, 0.717) is 5.92 Å². The van der Waals surface area contributed by atoms with Crippen molar-refractivity contribution in [3.05, 3.63) is 0 Å². The number of carbonyl (C=O) groups is 1. The Hall–Kier alpha value is -0.570. The smallest absolute Gasteiger partial charge is 0.237 e. The minimum Gasteiger partial charge on any atom is -0.352 e. The SMILES string of the molecule is CC(C)C(C)NC(=O)[C@H]1CCN1. The van der Waals surface area contributed by atoms with Gasteiger partial charge in [-0.1, -0.05) is 13.8 Å². The third-order valence-corrected chi connectivity index (χ3v) is 2.51. The first-order valence-corrected chi connectivity index (χ1v) is 4.65. The minimum absolute atomic E-state index is 0.0752. The first kappa shape index (κ1) is 9.52. The van der Waals surface area contributed by atoms with Crippen LogP contribution in [0.5, 0.6) is 0 Å². The van der Waals surface area contributed by atoms with Gasteiger partial charge in [0.2, 0.25) is 5.91 Å². The van der Waals surface area contributed by atoms with E-state index in [-0.39, 0.29) is 18.0 Å². The molecule has 3 heteroatoms. The minimum atomic E-state index is 0.0752. The summed E-state index contributed by atoms with van der Waals surface area (Å²) in [6.07, 6.45) is 0.983. The van der Waals surface area contributed by atoms with Crippen LogP contribution in [0, 0.1) is 5.92 Å². The summed E-state index contributed by atoms with van der Waals surface area (Å²) in [5, 5.41) is 6.06. The fourth-order valence-electron chi connectivity index (χ4n) is 1.00. The third kappa shape index (κ3) is 2.21. The third-order valence-electron chi connectivity index (χ3n) is 2.51. The molecule has 0 aromatic carbocycles. The van der Waals surface area contributed by atoms with Gasteiger partial charge in [0.25, 0.3) is 0 Å². The van der Waals surface area contributed by atoms with Gasteiger partial charge in [-0.15, -0.1) is 0 Å². The van der Waals surface area contributed by atoms with E-state index in [0.717, 1.165) is 13.0 Å². The highest BCUT2D eigenvalue weighted by Gasteiger charge is 2.25. The van der Waals surface area contributed by atoms with Crippen molar-refractivity contribution in [2.24, 2.45) is 5.92 Å². The molecular formula is C9H18N2O. The van der Waals surface area contributed by atoms with Gasteiger partial charge in [0, 0.05) is 6.04 Å². The Morgan fingerprint density at radius 3 is 2.42 bits per heavy atom. The van der Waals surface area contributed by atoms with Crippen LogP contribution in [0.1, 0.15) is 27.2 Å². The summed E-state index contributed by atoms with van der Waals surface area (Å²) in [4.78, 5) is 11.4. The summed E-state index contributed by atoms with van der Waals surface area (Å²) >= 11 is 0. The average molecular weight is 170 g/mol. The van der Waals surface area contributed by atoms with E-state index in [2.05, 4.69) is 24.5 Å². The van der Waals surface area contributed by atoms with Crippen LogP contribution >= 0.6 is 0 Å². The second kappa shape index (κ2) is 3.90. The lowest BCUT2D eigenvalue weighted by molar-refractivity contribution is -0.125. The topological polar surface area (TPSA) is 41.1 Å². The quantitative estimate of drug-likeness (QED) is 0.648. The van der Waals surface area contributed by atoms with Gasteiger partial charge in [-0.3, -0.25) is 4.79 Å². The lowest BCUT2D eigenvalue weighted by atomic mass is 10.0. The van der Waals surface area contributed by atoms with Crippen molar-refractivity contribution in [1.29, 1.82) is 0 Å². The molecule has 2 atom stereocenters. The van der Waals surface area contributed by atoms with Crippen molar-refractivity contribution in [2.45, 2.75) is 39.3 Å². The summed E-state index contributed by atoms with van der Waals surface area (Å²) < 4.78 is 0. The van der Waals surface area contributed by atoms with E-state index in [1.165, 1.54) is 0 Å². The summed E-state index contributed by atoms with van der Waals surface area (Å²) in [6, 6.07) is 0.353. The molecule has 0 saturated carbocycles. The van der Waals surface area contributed by atoms with Gasteiger partial charge in [-0.2, -0.15) is 0 Å². The molecule has 0 aromatic rings. The average Bonchev–Trinajstić information content (AvgIpc) is 1.82. The van der Waals surface area contributed by atoms with Gasteiger partial charge in [-0.05, 0) is 25.8 Å². The molecule has 0 bridgehead atoms. The molecule has 1 aliphatic heterocycles. The number of rotatable bonds is 3. The molecule has 1 rings (SSSR count). The maximum Gasteiger partial charge on any atom is 0.237 e. The molecule has 1 aliphatic rings. The Morgan fingerprint density at radius 2 is 2.08 bits per heavy atom. The predicted molar refractivity (Wildman–Crippen MR) is 48.9 cm³/mol. The zero-order valence-electron chi connectivity index (χ0n) is 8.05. The molecule has 70 valence electrons. The van der Waals surface area contributed by atoms with Crippen molar-refractivity contribution < 1.29 is 4.79 Å². The van der Waals surface area contributed by atoms with Gasteiger partial charge in [0.15, 0.2) is 0 Å². The Kier molecular flexibility index (Phi) is 3.09. The number of amides is 1. The molecule has 1 heterocycles. The molecule has 1 unspecified atom stereocenters. The van der Waals surface area contributed by atoms with Crippen LogP contribution in [-0.4, -0.2) is 24.5 Å². The molecule has 0 aromatic heterocycles. The van der Waals surface area contributed by atoms with Crippen molar-refractivity contribution in [3.8, 4) is 0 Å². The molecule has 1 amide bonds. The molecule has 12 heavy (non-hydrogen) atoms. The van der Waals surface area contributed by atoms with Crippen molar-refractivity contribution in [2.75, 3.05) is 6.54 Å². The molecule has 0 spiro atoms. The standard InChI is InChI=1S/C9H18N2O/c1-6(2)7(3)11-9(12)8-4-5-10-8/h6-8,10H,4-5H2,1-3H3,(H,11,12)/t7?,8-/m1/s1. The highest BCUT2D eigenvalue weighted by molar-refractivity contribution is 5.82. The summed E-state index contributed by atoms with van der Waals surface area (Å²) in [7, 11) is 0. The van der Waals surface area contributed by atoms with Crippen molar-refractivity contribution >= 4 is 5.91 Å². The van der Waals surface area contributed by atoms with Crippen LogP contribution in [0.3, 0.4) is 0 Å². The Labute approximate surface area is 73.9 Å². The van der Waals surface area contributed by atoms with Crippen molar-refractivity contribution in [3.63, 3.8) is 0 Å². The molecule has 2 N–H and O–H groups in total. The van der Waals surface area contributed by atoms with Crippen LogP contribution < -0.4 is 10.6 Å². The summed E-state index contributed by atoms with van der Waals surface area (Å²) in [5.41, 5.74) is 0. The zero-order chi connectivity index (χ0) is 9.14. The molecule has 3 nitrogen and oxygen atoms in total. The first-order valence-electron chi connectivity index (χ1n) is 4.65. The highest BCUT2D eigenvalue weighted by atomic mass is 16.2. The van der Waals surface area contributed by atoms with Gasteiger partial charge >= 0.3 is 0 Å².